The van der Waals surface area contributed by atoms with E-state index in [2.05, 4.69) is 9.97 Å². The maximum absolute atomic E-state index is 13.1. The average molecular weight is 315 g/mol. The molecule has 0 unspecified atom stereocenters. The van der Waals surface area contributed by atoms with Crippen LogP contribution >= 0.6 is 11.3 Å². The number of amides is 1. The third-order valence-corrected chi connectivity index (χ3v) is 5.26. The number of hydrogen-bond acceptors (Lipinski definition) is 4. The van der Waals surface area contributed by atoms with E-state index in [1.165, 1.54) is 23.3 Å². The minimum atomic E-state index is 0.131. The molecule has 0 spiro atoms. The summed E-state index contributed by atoms with van der Waals surface area (Å²) in [5.74, 6) is 0.131. The van der Waals surface area contributed by atoms with Crippen LogP contribution in [0.2, 0.25) is 0 Å². The normalized spacial score (nSPS) is 19.0. The lowest BCUT2D eigenvalue weighted by Crippen LogP contribution is -2.34. The molecule has 1 saturated heterocycles. The molecule has 1 aliphatic heterocycles. The highest BCUT2D eigenvalue weighted by atomic mass is 32.1. The van der Waals surface area contributed by atoms with Crippen molar-refractivity contribution >= 4 is 17.2 Å². The molecule has 0 N–H and O–H groups in total. The van der Waals surface area contributed by atoms with E-state index in [1.807, 2.05) is 43.3 Å². The standard InChI is InChI=1S/C17H21N3OS/c1-12-16(22-13(2)19-12)17(21)20-11-5-3-4-6-15(20)14-7-9-18-10-8-14/h7-10,15H,3-6,11H2,1-2H3/t15-/m0/s1. The zero-order valence-corrected chi connectivity index (χ0v) is 13.9. The van der Waals surface area contributed by atoms with Gasteiger partial charge in [0.25, 0.3) is 5.91 Å². The smallest absolute Gasteiger partial charge is 0.266 e. The largest absolute Gasteiger partial charge is 0.331 e. The molecular weight excluding hydrogens is 294 g/mol. The summed E-state index contributed by atoms with van der Waals surface area (Å²) in [6, 6.07) is 4.21. The molecular formula is C17H21N3OS. The molecule has 0 radical (unpaired) electrons. The summed E-state index contributed by atoms with van der Waals surface area (Å²) in [5, 5.41) is 0.955. The van der Waals surface area contributed by atoms with Crippen LogP contribution in [0.3, 0.4) is 0 Å². The van der Waals surface area contributed by atoms with Crippen molar-refractivity contribution in [3.05, 3.63) is 45.7 Å². The molecule has 0 aromatic carbocycles. The first kappa shape index (κ1) is 15.2. The SMILES string of the molecule is Cc1nc(C)c(C(=O)N2CCCCC[C@H]2c2ccncc2)s1. The lowest BCUT2D eigenvalue weighted by Gasteiger charge is -2.30. The first-order valence-corrected chi connectivity index (χ1v) is 8.63. The van der Waals surface area contributed by atoms with Gasteiger partial charge in [-0.1, -0.05) is 12.8 Å². The van der Waals surface area contributed by atoms with Crippen molar-refractivity contribution in [1.29, 1.82) is 0 Å². The molecule has 2 aromatic rings. The highest BCUT2D eigenvalue weighted by molar-refractivity contribution is 7.13. The molecule has 1 atom stereocenters. The van der Waals surface area contributed by atoms with Gasteiger partial charge in [0, 0.05) is 18.9 Å². The number of carbonyl (C=O) groups excluding carboxylic acids is 1. The van der Waals surface area contributed by atoms with Gasteiger partial charge in [-0.05, 0) is 44.4 Å². The Bertz CT molecular complexity index is 653. The van der Waals surface area contributed by atoms with Crippen LogP contribution < -0.4 is 0 Å². The number of rotatable bonds is 2. The molecule has 2 aromatic heterocycles. The van der Waals surface area contributed by atoms with Gasteiger partial charge in [0.1, 0.15) is 4.88 Å². The summed E-state index contributed by atoms with van der Waals surface area (Å²) in [6.45, 7) is 4.70. The Labute approximate surface area is 135 Å². The van der Waals surface area contributed by atoms with Crippen LogP contribution in [0.4, 0.5) is 0 Å². The first-order valence-electron chi connectivity index (χ1n) is 7.81. The van der Waals surface area contributed by atoms with Gasteiger partial charge in [0.15, 0.2) is 0 Å². The van der Waals surface area contributed by atoms with Gasteiger partial charge in [-0.15, -0.1) is 11.3 Å². The maximum atomic E-state index is 13.1. The predicted molar refractivity (Wildman–Crippen MR) is 88.1 cm³/mol. The Hall–Kier alpha value is -1.75. The molecule has 1 fully saturated rings. The second-order valence-electron chi connectivity index (χ2n) is 5.79. The summed E-state index contributed by atoms with van der Waals surface area (Å²) in [5.41, 5.74) is 2.04. The Balaban J connectivity index is 1.94. The van der Waals surface area contributed by atoms with E-state index in [0.717, 1.165) is 41.4 Å². The molecule has 5 heteroatoms. The lowest BCUT2D eigenvalue weighted by atomic mass is 10.0. The van der Waals surface area contributed by atoms with Crippen LogP contribution in [-0.4, -0.2) is 27.3 Å². The van der Waals surface area contributed by atoms with E-state index < -0.39 is 0 Å². The number of aromatic nitrogens is 2. The molecule has 0 bridgehead atoms. The zero-order valence-electron chi connectivity index (χ0n) is 13.1. The average Bonchev–Trinajstić information content (AvgIpc) is 2.74. The number of aryl methyl sites for hydroxylation is 2. The Morgan fingerprint density at radius 2 is 2.00 bits per heavy atom. The van der Waals surface area contributed by atoms with Crippen molar-refractivity contribution in [3.8, 4) is 0 Å². The van der Waals surface area contributed by atoms with Crippen molar-refractivity contribution in [2.24, 2.45) is 0 Å². The number of hydrogen-bond donors (Lipinski definition) is 0. The van der Waals surface area contributed by atoms with Crippen molar-refractivity contribution in [2.75, 3.05) is 6.54 Å². The van der Waals surface area contributed by atoms with E-state index in [9.17, 15) is 4.79 Å². The van der Waals surface area contributed by atoms with Crippen LogP contribution in [0.5, 0.6) is 0 Å². The Morgan fingerprint density at radius 1 is 1.23 bits per heavy atom. The second kappa shape index (κ2) is 6.57. The maximum Gasteiger partial charge on any atom is 0.266 e. The van der Waals surface area contributed by atoms with Crippen LogP contribution in [0.1, 0.15) is 57.7 Å². The molecule has 116 valence electrons. The fourth-order valence-electron chi connectivity index (χ4n) is 3.14. The van der Waals surface area contributed by atoms with Crippen molar-refractivity contribution in [2.45, 2.75) is 45.6 Å². The fraction of sp³-hybridized carbons (Fsp3) is 0.471. The van der Waals surface area contributed by atoms with E-state index in [1.54, 1.807) is 0 Å². The second-order valence-corrected chi connectivity index (χ2v) is 6.99. The predicted octanol–water partition coefficient (Wildman–Crippen LogP) is 3.91. The van der Waals surface area contributed by atoms with Gasteiger partial charge in [0.05, 0.1) is 16.7 Å². The molecule has 1 amide bonds. The number of thiazole rings is 1. The molecule has 22 heavy (non-hydrogen) atoms. The van der Waals surface area contributed by atoms with Crippen molar-refractivity contribution in [1.82, 2.24) is 14.9 Å². The van der Waals surface area contributed by atoms with E-state index in [-0.39, 0.29) is 11.9 Å². The van der Waals surface area contributed by atoms with Crippen LogP contribution in [-0.2, 0) is 0 Å². The Morgan fingerprint density at radius 3 is 2.68 bits per heavy atom. The minimum absolute atomic E-state index is 0.131. The van der Waals surface area contributed by atoms with Gasteiger partial charge >= 0.3 is 0 Å². The minimum Gasteiger partial charge on any atom is -0.331 e. The quantitative estimate of drug-likeness (QED) is 0.844. The van der Waals surface area contributed by atoms with Gasteiger partial charge in [0.2, 0.25) is 0 Å². The lowest BCUT2D eigenvalue weighted by molar-refractivity contribution is 0.0685. The molecule has 0 saturated carbocycles. The van der Waals surface area contributed by atoms with E-state index in [0.29, 0.717) is 0 Å². The highest BCUT2D eigenvalue weighted by Gasteiger charge is 2.29. The van der Waals surface area contributed by atoms with Gasteiger partial charge < -0.3 is 4.90 Å². The third-order valence-electron chi connectivity index (χ3n) is 4.20. The fourth-order valence-corrected chi connectivity index (χ4v) is 4.02. The summed E-state index contributed by atoms with van der Waals surface area (Å²) in [6.07, 6.45) is 8.07. The number of carbonyl (C=O) groups is 1. The van der Waals surface area contributed by atoms with Crippen molar-refractivity contribution < 1.29 is 4.79 Å². The molecule has 4 nitrogen and oxygen atoms in total. The van der Waals surface area contributed by atoms with Gasteiger partial charge in [-0.25, -0.2) is 4.98 Å². The molecule has 3 heterocycles. The number of nitrogens with zero attached hydrogens (tertiary/aromatic N) is 3. The van der Waals surface area contributed by atoms with E-state index >= 15 is 0 Å². The van der Waals surface area contributed by atoms with Crippen LogP contribution in [0.15, 0.2) is 24.5 Å². The molecule has 3 rings (SSSR count). The highest BCUT2D eigenvalue weighted by Crippen LogP contribution is 2.32. The monoisotopic (exact) mass is 315 g/mol. The summed E-state index contributed by atoms with van der Waals surface area (Å²) < 4.78 is 0. The zero-order chi connectivity index (χ0) is 15.5. The van der Waals surface area contributed by atoms with Crippen molar-refractivity contribution in [3.63, 3.8) is 0 Å². The summed E-state index contributed by atoms with van der Waals surface area (Å²) >= 11 is 1.51. The number of likely N-dealkylation sites (tertiary alicyclic amines) is 1. The third kappa shape index (κ3) is 3.04. The molecule has 0 aliphatic carbocycles. The Kier molecular flexibility index (Phi) is 4.52. The van der Waals surface area contributed by atoms with Gasteiger partial charge in [-0.3, -0.25) is 9.78 Å². The van der Waals surface area contributed by atoms with Crippen LogP contribution in [0.25, 0.3) is 0 Å². The topological polar surface area (TPSA) is 46.1 Å². The van der Waals surface area contributed by atoms with Gasteiger partial charge in [-0.2, -0.15) is 0 Å². The van der Waals surface area contributed by atoms with Crippen LogP contribution in [0, 0.1) is 13.8 Å². The summed E-state index contributed by atoms with van der Waals surface area (Å²) in [7, 11) is 0. The summed E-state index contributed by atoms with van der Waals surface area (Å²) in [4.78, 5) is 24.4. The molecule has 1 aliphatic rings. The van der Waals surface area contributed by atoms with E-state index in [4.69, 9.17) is 0 Å². The first-order chi connectivity index (χ1) is 10.7. The number of pyridine rings is 1.